The van der Waals surface area contributed by atoms with Crippen LogP contribution in [0.4, 0.5) is 0 Å². The van der Waals surface area contributed by atoms with Gasteiger partial charge >= 0.3 is 0 Å². The van der Waals surface area contributed by atoms with Crippen LogP contribution in [0.2, 0.25) is 0 Å². The van der Waals surface area contributed by atoms with Gasteiger partial charge in [-0.15, -0.1) is 0 Å². The average molecular weight is 859 g/mol. The van der Waals surface area contributed by atoms with Crippen molar-refractivity contribution in [2.75, 3.05) is 6.54 Å². The lowest BCUT2D eigenvalue weighted by Crippen LogP contribution is -2.59. The second-order valence-corrected chi connectivity index (χ2v) is 15.4. The van der Waals surface area contributed by atoms with Crippen molar-refractivity contribution in [1.29, 1.82) is 0 Å². The Balaban J connectivity index is 1.61. The molecule has 9 amide bonds. The number of para-hydroxylation sites is 1. The quantitative estimate of drug-likeness (QED) is 0.105. The molecule has 11 N–H and O–H groups in total. The normalized spacial score (nSPS) is 21.8. The molecule has 0 radical (unpaired) electrons. The van der Waals surface area contributed by atoms with E-state index in [-0.39, 0.29) is 45.1 Å². The predicted molar refractivity (Wildman–Crippen MR) is 228 cm³/mol. The maximum atomic E-state index is 13.9. The second kappa shape index (κ2) is 23.3. The third kappa shape index (κ3) is 14.4. The molecule has 3 aromatic rings. The van der Waals surface area contributed by atoms with Crippen molar-refractivity contribution in [3.63, 3.8) is 0 Å². The van der Waals surface area contributed by atoms with Crippen molar-refractivity contribution >= 4 is 64.1 Å². The van der Waals surface area contributed by atoms with E-state index in [4.69, 9.17) is 5.73 Å². The van der Waals surface area contributed by atoms with Gasteiger partial charge in [-0.25, -0.2) is 0 Å². The van der Waals surface area contributed by atoms with Crippen molar-refractivity contribution < 1.29 is 43.2 Å². The highest BCUT2D eigenvalue weighted by Crippen LogP contribution is 2.19. The van der Waals surface area contributed by atoms with Gasteiger partial charge in [-0.1, -0.05) is 68.3 Å². The van der Waals surface area contributed by atoms with Crippen molar-refractivity contribution in [2.45, 2.75) is 121 Å². The van der Waals surface area contributed by atoms with Gasteiger partial charge in [0.15, 0.2) is 0 Å². The van der Waals surface area contributed by atoms with Crippen LogP contribution >= 0.6 is 0 Å². The van der Waals surface area contributed by atoms with E-state index in [1.165, 1.54) is 20.8 Å². The first kappa shape index (κ1) is 47.9. The molecule has 2 heterocycles. The molecule has 19 nitrogen and oxygen atoms in total. The number of aromatic amines is 1. The molecule has 4 rings (SSSR count). The number of amides is 9. The standard InChI is InChI=1S/C43H58N10O9/c1-5-6-15-31(49-26(4)54)41(60)51-32-17-18-36(55)45-20-19-33(42(61)52-34(37(44)56)22-28-23-46-30-16-11-10-14-29(28)30)50-38(57)24(2)48-43(62)35(21-27-12-8-7-9-13-27)53-39(58)25(3)47-40(32)59/h7-14,16,23-25,31-35,46H,5-6,15,17-22H2,1-4H3,(H2,44,56)(H,45,55)(H,47,59)(H,48,62)(H,49,54)(H,50,57)(H,51,60)(H,52,61)(H,53,58)/t24?,25-,31-,32?,33?,34-,35?/m0/s1. The molecule has 19 heteroatoms. The number of rotatable bonds is 13. The molecule has 0 saturated carbocycles. The number of benzene rings is 2. The van der Waals surface area contributed by atoms with E-state index in [2.05, 4.69) is 47.5 Å². The number of nitrogens with one attached hydrogen (secondary N) is 9. The van der Waals surface area contributed by atoms with Gasteiger partial charge in [0.2, 0.25) is 53.2 Å². The van der Waals surface area contributed by atoms with E-state index in [1.807, 2.05) is 31.2 Å². The smallest absolute Gasteiger partial charge is 0.243 e. The molecular formula is C43H58N10O9. The zero-order valence-corrected chi connectivity index (χ0v) is 35.4. The molecule has 4 unspecified atom stereocenters. The Morgan fingerprint density at radius 3 is 2.13 bits per heavy atom. The highest BCUT2D eigenvalue weighted by Gasteiger charge is 2.33. The van der Waals surface area contributed by atoms with E-state index in [0.717, 1.165) is 17.3 Å². The number of hydrogen-bond donors (Lipinski definition) is 10. The number of fused-ring (bicyclic) bond motifs is 1. The molecule has 62 heavy (non-hydrogen) atoms. The summed E-state index contributed by atoms with van der Waals surface area (Å²) in [6.07, 6.45) is 2.62. The Hall–Kier alpha value is -6.79. The van der Waals surface area contributed by atoms with Gasteiger partial charge in [-0.2, -0.15) is 0 Å². The highest BCUT2D eigenvalue weighted by atomic mass is 16.2. The minimum atomic E-state index is -1.35. The van der Waals surface area contributed by atoms with Crippen molar-refractivity contribution in [1.82, 2.24) is 47.5 Å². The van der Waals surface area contributed by atoms with Crippen LogP contribution in [0, 0.1) is 0 Å². The maximum absolute atomic E-state index is 13.9. The summed E-state index contributed by atoms with van der Waals surface area (Å²) in [7, 11) is 0. The minimum Gasteiger partial charge on any atom is -0.368 e. The number of carbonyl (C=O) groups is 9. The Morgan fingerprint density at radius 2 is 1.45 bits per heavy atom. The fourth-order valence-electron chi connectivity index (χ4n) is 6.88. The number of aromatic nitrogens is 1. The number of unbranched alkanes of at least 4 members (excludes halogenated alkanes) is 1. The molecule has 1 aromatic heterocycles. The molecule has 0 aliphatic carbocycles. The number of nitrogens with two attached hydrogens (primary N) is 1. The summed E-state index contributed by atoms with van der Waals surface area (Å²) in [4.78, 5) is 123. The van der Waals surface area contributed by atoms with Crippen LogP contribution in [0.5, 0.6) is 0 Å². The summed E-state index contributed by atoms with van der Waals surface area (Å²) in [5.41, 5.74) is 7.92. The van der Waals surface area contributed by atoms with Crippen LogP contribution in [-0.2, 0) is 56.0 Å². The third-order valence-electron chi connectivity index (χ3n) is 10.4. The maximum Gasteiger partial charge on any atom is 0.243 e. The topological polar surface area (TPSA) is 292 Å². The third-order valence-corrected chi connectivity index (χ3v) is 10.4. The highest BCUT2D eigenvalue weighted by molar-refractivity contribution is 5.98. The van der Waals surface area contributed by atoms with E-state index in [0.29, 0.717) is 17.5 Å². The monoisotopic (exact) mass is 858 g/mol. The number of hydrogen-bond acceptors (Lipinski definition) is 9. The zero-order chi connectivity index (χ0) is 45.3. The molecule has 334 valence electrons. The zero-order valence-electron chi connectivity index (χ0n) is 35.4. The van der Waals surface area contributed by atoms with E-state index in [1.54, 1.807) is 36.5 Å². The summed E-state index contributed by atoms with van der Waals surface area (Å²) < 4.78 is 0. The average Bonchev–Trinajstić information content (AvgIpc) is 3.64. The number of primary amides is 1. The predicted octanol–water partition coefficient (Wildman–Crippen LogP) is -0.618. The van der Waals surface area contributed by atoms with Gasteiger partial charge in [0.25, 0.3) is 0 Å². The first-order valence-corrected chi connectivity index (χ1v) is 20.8. The van der Waals surface area contributed by atoms with Gasteiger partial charge in [-0.3, -0.25) is 43.2 Å². The van der Waals surface area contributed by atoms with Gasteiger partial charge in [0, 0.05) is 49.8 Å². The van der Waals surface area contributed by atoms with Crippen LogP contribution in [0.25, 0.3) is 10.9 Å². The van der Waals surface area contributed by atoms with Gasteiger partial charge < -0.3 is 53.3 Å². The molecule has 2 aromatic carbocycles. The van der Waals surface area contributed by atoms with E-state index < -0.39 is 95.5 Å². The fourth-order valence-corrected chi connectivity index (χ4v) is 6.88. The van der Waals surface area contributed by atoms with Crippen molar-refractivity contribution in [3.8, 4) is 0 Å². The molecule has 1 saturated heterocycles. The van der Waals surface area contributed by atoms with Crippen LogP contribution < -0.4 is 48.3 Å². The van der Waals surface area contributed by atoms with Crippen LogP contribution in [0.3, 0.4) is 0 Å². The van der Waals surface area contributed by atoms with Crippen LogP contribution in [0.15, 0.2) is 60.8 Å². The summed E-state index contributed by atoms with van der Waals surface area (Å²) >= 11 is 0. The number of carbonyl (C=O) groups excluding carboxylic acids is 9. The summed E-state index contributed by atoms with van der Waals surface area (Å²) in [5, 5.41) is 21.7. The molecule has 0 spiro atoms. The lowest BCUT2D eigenvalue weighted by molar-refractivity contribution is -0.135. The molecular weight excluding hydrogens is 801 g/mol. The Labute approximate surface area is 359 Å². The lowest BCUT2D eigenvalue weighted by Gasteiger charge is -2.26. The fraction of sp³-hybridized carbons (Fsp3) is 0.465. The first-order valence-electron chi connectivity index (χ1n) is 20.8. The molecule has 7 atom stereocenters. The molecule has 1 aliphatic heterocycles. The first-order chi connectivity index (χ1) is 29.6. The van der Waals surface area contributed by atoms with Gasteiger partial charge in [-0.05, 0) is 50.3 Å². The summed E-state index contributed by atoms with van der Waals surface area (Å²) in [5.74, 6) is -6.41. The Morgan fingerprint density at radius 1 is 0.790 bits per heavy atom. The van der Waals surface area contributed by atoms with Gasteiger partial charge in [0.05, 0.1) is 0 Å². The molecule has 0 bridgehead atoms. The Bertz CT molecular complexity index is 2090. The van der Waals surface area contributed by atoms with Crippen LogP contribution in [-0.4, -0.2) is 107 Å². The second-order valence-electron chi connectivity index (χ2n) is 15.4. The number of H-pyrrole nitrogens is 1. The lowest BCUT2D eigenvalue weighted by atomic mass is 10.0. The van der Waals surface area contributed by atoms with Crippen LogP contribution in [0.1, 0.15) is 77.3 Å². The van der Waals surface area contributed by atoms with E-state index >= 15 is 0 Å². The summed E-state index contributed by atoms with van der Waals surface area (Å²) in [6, 6.07) is 7.55. The van der Waals surface area contributed by atoms with Crippen molar-refractivity contribution in [2.24, 2.45) is 5.73 Å². The summed E-state index contributed by atoms with van der Waals surface area (Å²) in [6.45, 7) is 5.77. The van der Waals surface area contributed by atoms with Crippen molar-refractivity contribution in [3.05, 3.63) is 71.9 Å². The van der Waals surface area contributed by atoms with E-state index in [9.17, 15) is 43.2 Å². The Kier molecular flexibility index (Phi) is 18.0. The SMILES string of the molecule is CCCC[C@H](NC(C)=O)C(=O)NC1CCC(=O)NCCC(C(=O)N[C@@H](Cc2c[nH]c3ccccc23)C(N)=O)NC(=O)C(C)NC(=O)C(Cc2ccccc2)NC(=O)[C@H](C)NC1=O. The largest absolute Gasteiger partial charge is 0.368 e. The minimum absolute atomic E-state index is 0.00184. The molecule has 1 aliphatic rings. The molecule has 1 fully saturated rings. The van der Waals surface area contributed by atoms with Gasteiger partial charge in [0.1, 0.15) is 42.3 Å².